The van der Waals surface area contributed by atoms with Crippen LogP contribution < -0.4 is 4.74 Å². The minimum atomic E-state index is -0.250. The predicted molar refractivity (Wildman–Crippen MR) is 120 cm³/mol. The van der Waals surface area contributed by atoms with E-state index in [1.807, 2.05) is 11.8 Å². The molecule has 2 atom stereocenters. The van der Waals surface area contributed by atoms with Crippen LogP contribution in [-0.4, -0.2) is 64.2 Å². The number of amides is 1. The Kier molecular flexibility index (Phi) is 5.97. The van der Waals surface area contributed by atoms with Gasteiger partial charge in [0.15, 0.2) is 5.78 Å². The van der Waals surface area contributed by atoms with Gasteiger partial charge in [-0.1, -0.05) is 12.1 Å². The van der Waals surface area contributed by atoms with E-state index >= 15 is 0 Å². The number of hydrogen-bond donors (Lipinski definition) is 1. The minimum Gasteiger partial charge on any atom is -0.480 e. The molecule has 0 spiro atoms. The number of ether oxygens (including phenoxy) is 1. The Balaban J connectivity index is 1.56. The summed E-state index contributed by atoms with van der Waals surface area (Å²) in [5.41, 5.74) is 2.39. The SMILES string of the molecule is COc1nc2[nH]cc(C(C)=O)c2cc1C(=O)N1CCN([C@H](C)c2ccc(F)cc2)CC1C. The molecule has 4 rings (SSSR count). The molecule has 3 heterocycles. The van der Waals surface area contributed by atoms with E-state index in [-0.39, 0.29) is 35.5 Å². The number of carbonyl (C=O) groups excluding carboxylic acids is 2. The Labute approximate surface area is 186 Å². The predicted octanol–water partition coefficient (Wildman–Crippen LogP) is 3.82. The Bertz CT molecular complexity index is 1160. The Morgan fingerprint density at radius 1 is 1.22 bits per heavy atom. The molecule has 1 fully saturated rings. The summed E-state index contributed by atoms with van der Waals surface area (Å²) in [6.07, 6.45) is 1.60. The molecule has 1 aliphatic heterocycles. The number of fused-ring (bicyclic) bond motifs is 1. The van der Waals surface area contributed by atoms with Gasteiger partial charge in [-0.05, 0) is 44.5 Å². The number of pyridine rings is 1. The molecule has 1 aromatic carbocycles. The Morgan fingerprint density at radius 2 is 1.94 bits per heavy atom. The van der Waals surface area contributed by atoms with Crippen LogP contribution in [0.15, 0.2) is 36.5 Å². The number of rotatable bonds is 5. The van der Waals surface area contributed by atoms with Crippen molar-refractivity contribution < 1.29 is 18.7 Å². The molecule has 0 saturated carbocycles. The third kappa shape index (κ3) is 3.98. The van der Waals surface area contributed by atoms with Crippen LogP contribution in [0.2, 0.25) is 0 Å². The molecule has 32 heavy (non-hydrogen) atoms. The molecule has 1 aliphatic rings. The van der Waals surface area contributed by atoms with Crippen molar-refractivity contribution in [3.63, 3.8) is 0 Å². The second kappa shape index (κ2) is 8.70. The van der Waals surface area contributed by atoms with Crippen LogP contribution in [-0.2, 0) is 0 Å². The van der Waals surface area contributed by atoms with Gasteiger partial charge >= 0.3 is 0 Å². The smallest absolute Gasteiger partial charge is 0.259 e. The first-order valence-electron chi connectivity index (χ1n) is 10.7. The first-order valence-corrected chi connectivity index (χ1v) is 10.7. The van der Waals surface area contributed by atoms with E-state index in [0.29, 0.717) is 41.8 Å². The number of aromatic nitrogens is 2. The lowest BCUT2D eigenvalue weighted by Gasteiger charge is -2.42. The highest BCUT2D eigenvalue weighted by Crippen LogP contribution is 2.29. The summed E-state index contributed by atoms with van der Waals surface area (Å²) in [4.78, 5) is 36.9. The van der Waals surface area contributed by atoms with E-state index in [9.17, 15) is 14.0 Å². The van der Waals surface area contributed by atoms with Crippen LogP contribution in [0.1, 0.15) is 53.1 Å². The third-order valence-electron chi connectivity index (χ3n) is 6.25. The maximum atomic E-state index is 13.5. The monoisotopic (exact) mass is 438 g/mol. The van der Waals surface area contributed by atoms with Crippen molar-refractivity contribution in [1.82, 2.24) is 19.8 Å². The van der Waals surface area contributed by atoms with Crippen molar-refractivity contribution in [3.05, 3.63) is 59.0 Å². The largest absolute Gasteiger partial charge is 0.480 e. The van der Waals surface area contributed by atoms with Crippen molar-refractivity contribution >= 4 is 22.7 Å². The molecule has 0 bridgehead atoms. The fraction of sp³-hybridized carbons (Fsp3) is 0.375. The zero-order chi connectivity index (χ0) is 23.0. The number of methoxy groups -OCH3 is 1. The van der Waals surface area contributed by atoms with Gasteiger partial charge in [-0.25, -0.2) is 4.39 Å². The molecule has 1 saturated heterocycles. The number of H-pyrrole nitrogens is 1. The van der Waals surface area contributed by atoms with E-state index < -0.39 is 0 Å². The molecular weight excluding hydrogens is 411 g/mol. The van der Waals surface area contributed by atoms with E-state index in [4.69, 9.17) is 4.74 Å². The number of piperazine rings is 1. The quantitative estimate of drug-likeness (QED) is 0.613. The molecule has 168 valence electrons. The fourth-order valence-electron chi connectivity index (χ4n) is 4.38. The van der Waals surface area contributed by atoms with E-state index in [2.05, 4.69) is 21.8 Å². The lowest BCUT2D eigenvalue weighted by molar-refractivity contribution is 0.0403. The molecular formula is C24H27FN4O3. The summed E-state index contributed by atoms with van der Waals surface area (Å²) >= 11 is 0. The number of hydrogen-bond acceptors (Lipinski definition) is 5. The lowest BCUT2D eigenvalue weighted by Crippen LogP contribution is -2.54. The second-order valence-electron chi connectivity index (χ2n) is 8.27. The van der Waals surface area contributed by atoms with Crippen molar-refractivity contribution in [2.24, 2.45) is 0 Å². The maximum Gasteiger partial charge on any atom is 0.259 e. The van der Waals surface area contributed by atoms with Gasteiger partial charge in [0, 0.05) is 48.9 Å². The number of ketones is 1. The van der Waals surface area contributed by atoms with Crippen LogP contribution in [0, 0.1) is 5.82 Å². The van der Waals surface area contributed by atoms with Crippen LogP contribution in [0.4, 0.5) is 4.39 Å². The second-order valence-corrected chi connectivity index (χ2v) is 8.27. The number of carbonyl (C=O) groups is 2. The van der Waals surface area contributed by atoms with Gasteiger partial charge in [0.25, 0.3) is 5.91 Å². The zero-order valence-electron chi connectivity index (χ0n) is 18.7. The fourth-order valence-corrected chi connectivity index (χ4v) is 4.38. The number of nitrogens with zero attached hydrogens (tertiary/aromatic N) is 3. The average Bonchev–Trinajstić information content (AvgIpc) is 3.21. The summed E-state index contributed by atoms with van der Waals surface area (Å²) in [5, 5.41) is 0.609. The number of Topliss-reactive ketones (excluding diaryl/α,β-unsaturated/α-hetero) is 1. The van der Waals surface area contributed by atoms with Gasteiger partial charge in [0.05, 0.1) is 7.11 Å². The number of nitrogens with one attached hydrogen (secondary N) is 1. The average molecular weight is 439 g/mol. The lowest BCUT2D eigenvalue weighted by atomic mass is 10.0. The topological polar surface area (TPSA) is 78.5 Å². The van der Waals surface area contributed by atoms with Crippen LogP contribution in [0.5, 0.6) is 5.88 Å². The highest BCUT2D eigenvalue weighted by molar-refractivity contribution is 6.08. The van der Waals surface area contributed by atoms with Crippen molar-refractivity contribution in [2.75, 3.05) is 26.7 Å². The van der Waals surface area contributed by atoms with Crippen LogP contribution in [0.25, 0.3) is 11.0 Å². The normalized spacial score (nSPS) is 18.0. The van der Waals surface area contributed by atoms with E-state index in [1.165, 1.54) is 26.2 Å². The standard InChI is InChI=1S/C24H27FN4O3/c1-14-13-28(15(2)17-5-7-18(25)8-6-17)9-10-29(14)24(31)20-11-19-21(16(3)30)12-26-22(19)27-23(20)32-4/h5-8,11-12,14-15H,9-10,13H2,1-4H3,(H,26,27)/t14?,15-/m1/s1. The molecule has 2 aromatic heterocycles. The first-order chi connectivity index (χ1) is 15.3. The Morgan fingerprint density at radius 3 is 2.56 bits per heavy atom. The van der Waals surface area contributed by atoms with Crippen LogP contribution in [0.3, 0.4) is 0 Å². The number of halogens is 1. The van der Waals surface area contributed by atoms with Crippen molar-refractivity contribution in [3.8, 4) is 5.88 Å². The Hall–Kier alpha value is -3.26. The number of aromatic amines is 1. The summed E-state index contributed by atoms with van der Waals surface area (Å²) in [6.45, 7) is 7.50. The van der Waals surface area contributed by atoms with Crippen molar-refractivity contribution in [2.45, 2.75) is 32.9 Å². The third-order valence-corrected chi connectivity index (χ3v) is 6.25. The molecule has 7 nitrogen and oxygen atoms in total. The summed E-state index contributed by atoms with van der Waals surface area (Å²) < 4.78 is 18.7. The molecule has 0 aliphatic carbocycles. The molecule has 1 amide bonds. The number of benzene rings is 1. The van der Waals surface area contributed by atoms with Crippen molar-refractivity contribution in [1.29, 1.82) is 0 Å². The summed E-state index contributed by atoms with van der Waals surface area (Å²) in [6, 6.07) is 8.31. The van der Waals surface area contributed by atoms with E-state index in [0.717, 1.165) is 5.56 Å². The molecule has 1 unspecified atom stereocenters. The molecule has 1 N–H and O–H groups in total. The zero-order valence-corrected chi connectivity index (χ0v) is 18.7. The van der Waals surface area contributed by atoms with Gasteiger partial charge in [-0.2, -0.15) is 4.98 Å². The minimum absolute atomic E-state index is 0.0435. The van der Waals surface area contributed by atoms with E-state index in [1.54, 1.807) is 24.4 Å². The van der Waals surface area contributed by atoms with Gasteiger partial charge in [0.2, 0.25) is 5.88 Å². The highest BCUT2D eigenvalue weighted by atomic mass is 19.1. The highest BCUT2D eigenvalue weighted by Gasteiger charge is 2.32. The maximum absolute atomic E-state index is 13.5. The molecule has 3 aromatic rings. The molecule has 0 radical (unpaired) electrons. The molecule has 8 heteroatoms. The summed E-state index contributed by atoms with van der Waals surface area (Å²) in [7, 11) is 1.48. The van der Waals surface area contributed by atoms with Gasteiger partial charge in [-0.3, -0.25) is 14.5 Å². The van der Waals surface area contributed by atoms with Gasteiger partial charge < -0.3 is 14.6 Å². The van der Waals surface area contributed by atoms with Crippen LogP contribution >= 0.6 is 0 Å². The first kappa shape index (κ1) is 22.0. The van der Waals surface area contributed by atoms with Gasteiger partial charge in [0.1, 0.15) is 17.0 Å². The summed E-state index contributed by atoms with van der Waals surface area (Å²) in [5.74, 6) is -0.291. The van der Waals surface area contributed by atoms with Gasteiger partial charge in [-0.15, -0.1) is 0 Å².